The molecule has 0 aliphatic heterocycles. The van der Waals surface area contributed by atoms with E-state index in [-0.39, 0.29) is 16.7 Å². The first-order valence-electron chi connectivity index (χ1n) is 7.19. The Kier molecular flexibility index (Phi) is 4.43. The fourth-order valence-corrected chi connectivity index (χ4v) is 2.25. The summed E-state index contributed by atoms with van der Waals surface area (Å²) in [5.41, 5.74) is 0.560. The van der Waals surface area contributed by atoms with Gasteiger partial charge in [-0.1, -0.05) is 24.3 Å². The first-order valence-corrected chi connectivity index (χ1v) is 7.19. The van der Waals surface area contributed by atoms with Gasteiger partial charge in [0.2, 0.25) is 5.89 Å². The van der Waals surface area contributed by atoms with E-state index >= 15 is 0 Å². The average molecular weight is 353 g/mol. The minimum atomic E-state index is -4.90. The molecule has 0 fully saturated rings. The van der Waals surface area contributed by atoms with Crippen LogP contribution in [0, 0.1) is 5.82 Å². The van der Waals surface area contributed by atoms with Crippen LogP contribution in [0.15, 0.2) is 52.9 Å². The third-order valence-corrected chi connectivity index (χ3v) is 3.32. The molecule has 0 spiro atoms. The molecule has 0 saturated heterocycles. The molecular formula is C17H11F4NO3. The lowest BCUT2D eigenvalue weighted by Crippen LogP contribution is -2.27. The zero-order valence-electron chi connectivity index (χ0n) is 12.6. The fourth-order valence-electron chi connectivity index (χ4n) is 2.25. The number of ether oxygens (including phenoxy) is 1. The summed E-state index contributed by atoms with van der Waals surface area (Å²) in [5.74, 6) is -2.53. The van der Waals surface area contributed by atoms with Crippen LogP contribution in [0.2, 0.25) is 0 Å². The van der Waals surface area contributed by atoms with Crippen molar-refractivity contribution in [1.82, 2.24) is 4.98 Å². The van der Waals surface area contributed by atoms with E-state index in [1.54, 1.807) is 12.1 Å². The molecular weight excluding hydrogens is 342 g/mol. The highest BCUT2D eigenvalue weighted by atomic mass is 19.4. The number of esters is 1. The third-order valence-electron chi connectivity index (χ3n) is 3.32. The minimum Gasteiger partial charge on any atom is -0.442 e. The summed E-state index contributed by atoms with van der Waals surface area (Å²) in [7, 11) is 0. The molecule has 1 heterocycles. The van der Waals surface area contributed by atoms with Crippen LogP contribution >= 0.6 is 0 Å². The Labute approximate surface area is 139 Å². The molecule has 0 bridgehead atoms. The second-order valence-electron chi connectivity index (χ2n) is 5.24. The van der Waals surface area contributed by atoms with E-state index in [9.17, 15) is 22.4 Å². The highest BCUT2D eigenvalue weighted by Crippen LogP contribution is 2.37. The molecule has 0 aliphatic rings. The van der Waals surface area contributed by atoms with Gasteiger partial charge in [-0.2, -0.15) is 13.2 Å². The topological polar surface area (TPSA) is 52.3 Å². The molecule has 1 atom stereocenters. The average Bonchev–Trinajstić information content (AvgIpc) is 2.95. The lowest BCUT2D eigenvalue weighted by molar-refractivity contribution is -0.228. The van der Waals surface area contributed by atoms with Crippen molar-refractivity contribution in [3.63, 3.8) is 0 Å². The third kappa shape index (κ3) is 3.96. The summed E-state index contributed by atoms with van der Waals surface area (Å²) in [6.45, 7) is 0. The summed E-state index contributed by atoms with van der Waals surface area (Å²) in [5, 5.41) is 0. The van der Waals surface area contributed by atoms with Crippen LogP contribution in [-0.4, -0.2) is 17.1 Å². The zero-order chi connectivity index (χ0) is 18.0. The van der Waals surface area contributed by atoms with Crippen LogP contribution in [0.4, 0.5) is 17.6 Å². The molecule has 0 N–H and O–H groups in total. The molecule has 0 radical (unpaired) electrons. The Morgan fingerprint density at radius 3 is 2.60 bits per heavy atom. The van der Waals surface area contributed by atoms with Crippen LogP contribution < -0.4 is 0 Å². The normalized spacial score (nSPS) is 13.0. The number of nitrogens with zero attached hydrogens (tertiary/aromatic N) is 1. The maximum Gasteiger partial charge on any atom is 0.434 e. The standard InChI is InChI=1S/C17H11F4NO3/c18-11-5-3-4-10(8-11)9-14(23)25-15(17(19,20)21)16-22-12-6-1-2-7-13(12)24-16/h1-8,15H,9H2. The SMILES string of the molecule is O=C(Cc1cccc(F)c1)OC(c1nc2ccccc2o1)C(F)(F)F. The van der Waals surface area contributed by atoms with E-state index in [2.05, 4.69) is 9.72 Å². The van der Waals surface area contributed by atoms with E-state index in [0.29, 0.717) is 0 Å². The molecule has 4 nitrogen and oxygen atoms in total. The van der Waals surface area contributed by atoms with Crippen molar-refractivity contribution in [3.8, 4) is 0 Å². The smallest absolute Gasteiger partial charge is 0.434 e. The van der Waals surface area contributed by atoms with Crippen LogP contribution in [0.5, 0.6) is 0 Å². The molecule has 0 aliphatic carbocycles. The number of rotatable bonds is 4. The van der Waals surface area contributed by atoms with Crippen molar-refractivity contribution >= 4 is 17.1 Å². The molecule has 0 saturated carbocycles. The summed E-state index contributed by atoms with van der Waals surface area (Å²) >= 11 is 0. The molecule has 8 heteroatoms. The first-order chi connectivity index (χ1) is 11.8. The lowest BCUT2D eigenvalue weighted by atomic mass is 10.1. The highest BCUT2D eigenvalue weighted by molar-refractivity contribution is 5.74. The Bertz CT molecular complexity index is 871. The first kappa shape index (κ1) is 16.9. The number of para-hydroxylation sites is 2. The second kappa shape index (κ2) is 6.54. The minimum absolute atomic E-state index is 0.146. The van der Waals surface area contributed by atoms with Crippen molar-refractivity contribution in [2.45, 2.75) is 18.7 Å². The number of hydrogen-bond acceptors (Lipinski definition) is 4. The van der Waals surface area contributed by atoms with Gasteiger partial charge in [0.05, 0.1) is 6.42 Å². The predicted molar refractivity (Wildman–Crippen MR) is 79.0 cm³/mol. The number of halogens is 4. The number of hydrogen-bond donors (Lipinski definition) is 0. The monoisotopic (exact) mass is 353 g/mol. The molecule has 3 aromatic rings. The van der Waals surface area contributed by atoms with Crippen molar-refractivity contribution < 1.29 is 31.5 Å². The molecule has 3 rings (SSSR count). The Balaban J connectivity index is 1.82. The van der Waals surface area contributed by atoms with Gasteiger partial charge < -0.3 is 9.15 Å². The number of benzene rings is 2. The van der Waals surface area contributed by atoms with Gasteiger partial charge in [0.25, 0.3) is 6.10 Å². The second-order valence-corrected chi connectivity index (χ2v) is 5.24. The van der Waals surface area contributed by atoms with E-state index in [1.807, 2.05) is 0 Å². The van der Waals surface area contributed by atoms with Crippen molar-refractivity contribution in [3.05, 3.63) is 65.8 Å². The fraction of sp³-hybridized carbons (Fsp3) is 0.176. The lowest BCUT2D eigenvalue weighted by Gasteiger charge is -2.17. The summed E-state index contributed by atoms with van der Waals surface area (Å²) in [6, 6.07) is 11.1. The van der Waals surface area contributed by atoms with Gasteiger partial charge in [-0.15, -0.1) is 0 Å². The molecule has 0 amide bonds. The van der Waals surface area contributed by atoms with Gasteiger partial charge in [-0.25, -0.2) is 9.37 Å². The zero-order valence-corrected chi connectivity index (χ0v) is 12.6. The van der Waals surface area contributed by atoms with Gasteiger partial charge in [-0.3, -0.25) is 4.79 Å². The van der Waals surface area contributed by atoms with Gasteiger partial charge in [-0.05, 0) is 29.8 Å². The van der Waals surface area contributed by atoms with Crippen LogP contribution in [0.3, 0.4) is 0 Å². The molecule has 25 heavy (non-hydrogen) atoms. The van der Waals surface area contributed by atoms with E-state index in [1.165, 1.54) is 24.3 Å². The number of aromatic nitrogens is 1. The van der Waals surface area contributed by atoms with Crippen molar-refractivity contribution in [1.29, 1.82) is 0 Å². The highest BCUT2D eigenvalue weighted by Gasteiger charge is 2.47. The quantitative estimate of drug-likeness (QED) is 0.517. The van der Waals surface area contributed by atoms with Crippen molar-refractivity contribution in [2.75, 3.05) is 0 Å². The Morgan fingerprint density at radius 2 is 1.92 bits per heavy atom. The van der Waals surface area contributed by atoms with Crippen LogP contribution in [0.25, 0.3) is 11.1 Å². The van der Waals surface area contributed by atoms with E-state index in [0.717, 1.165) is 12.1 Å². The number of carbonyl (C=O) groups is 1. The van der Waals surface area contributed by atoms with Crippen LogP contribution in [-0.2, 0) is 16.0 Å². The number of alkyl halides is 3. The van der Waals surface area contributed by atoms with E-state index < -0.39 is 36.4 Å². The molecule has 130 valence electrons. The van der Waals surface area contributed by atoms with Crippen molar-refractivity contribution in [2.24, 2.45) is 0 Å². The summed E-state index contributed by atoms with van der Waals surface area (Å²) in [4.78, 5) is 15.6. The number of fused-ring (bicyclic) bond motifs is 1. The molecule has 2 aromatic carbocycles. The Morgan fingerprint density at radius 1 is 1.16 bits per heavy atom. The van der Waals surface area contributed by atoms with Gasteiger partial charge in [0, 0.05) is 0 Å². The predicted octanol–water partition coefficient (Wildman–Crippen LogP) is 4.36. The molecule has 1 aromatic heterocycles. The Hall–Kier alpha value is -2.90. The van der Waals surface area contributed by atoms with Gasteiger partial charge in [0.15, 0.2) is 5.58 Å². The van der Waals surface area contributed by atoms with Gasteiger partial charge >= 0.3 is 12.1 Å². The number of carbonyl (C=O) groups excluding carboxylic acids is 1. The summed E-state index contributed by atoms with van der Waals surface area (Å²) in [6.07, 6.45) is -8.05. The maximum atomic E-state index is 13.3. The number of oxazole rings is 1. The maximum absolute atomic E-state index is 13.3. The van der Waals surface area contributed by atoms with E-state index in [4.69, 9.17) is 4.42 Å². The largest absolute Gasteiger partial charge is 0.442 e. The van der Waals surface area contributed by atoms with Crippen LogP contribution in [0.1, 0.15) is 17.6 Å². The molecule has 1 unspecified atom stereocenters. The summed E-state index contributed by atoms with van der Waals surface area (Å²) < 4.78 is 62.5. The van der Waals surface area contributed by atoms with Gasteiger partial charge in [0.1, 0.15) is 11.3 Å².